The highest BCUT2D eigenvalue weighted by Gasteiger charge is 2.10. The van der Waals surface area contributed by atoms with E-state index >= 15 is 0 Å². The Morgan fingerprint density at radius 2 is 2.17 bits per heavy atom. The van der Waals surface area contributed by atoms with Gasteiger partial charge < -0.3 is 5.73 Å². The maximum atomic E-state index is 12.3. The quantitative estimate of drug-likeness (QED) is 0.880. The average molecular weight is 281 g/mol. The Hall–Kier alpha value is -1.39. The molecule has 0 bridgehead atoms. The van der Waals surface area contributed by atoms with E-state index in [1.165, 1.54) is 0 Å². The van der Waals surface area contributed by atoms with E-state index in [9.17, 15) is 4.21 Å². The zero-order chi connectivity index (χ0) is 13.1. The summed E-state index contributed by atoms with van der Waals surface area (Å²) >= 11 is 6.00. The van der Waals surface area contributed by atoms with Crippen LogP contribution in [0.5, 0.6) is 0 Å². The molecule has 2 N–H and O–H groups in total. The minimum atomic E-state index is -1.13. The molecule has 1 aromatic heterocycles. The number of aryl methyl sites for hydroxylation is 1. The van der Waals surface area contributed by atoms with Crippen LogP contribution in [0.15, 0.2) is 41.6 Å². The molecular formula is C13H13ClN2OS. The van der Waals surface area contributed by atoms with E-state index in [0.29, 0.717) is 16.5 Å². The van der Waals surface area contributed by atoms with Crippen molar-refractivity contribution in [3.05, 3.63) is 52.8 Å². The van der Waals surface area contributed by atoms with Gasteiger partial charge in [-0.2, -0.15) is 0 Å². The molecule has 1 aromatic carbocycles. The van der Waals surface area contributed by atoms with Crippen LogP contribution in [0.25, 0.3) is 0 Å². The van der Waals surface area contributed by atoms with Crippen LogP contribution in [-0.4, -0.2) is 9.19 Å². The third-order valence-corrected chi connectivity index (χ3v) is 4.45. The lowest BCUT2D eigenvalue weighted by Crippen LogP contribution is -2.00. The highest BCUT2D eigenvalue weighted by Crippen LogP contribution is 2.22. The summed E-state index contributed by atoms with van der Waals surface area (Å²) in [5.74, 6) is 0.381. The zero-order valence-corrected chi connectivity index (χ0v) is 11.5. The van der Waals surface area contributed by atoms with Gasteiger partial charge in [-0.05, 0) is 42.3 Å². The van der Waals surface area contributed by atoms with Crippen molar-refractivity contribution in [1.82, 2.24) is 4.98 Å². The first-order valence-electron chi connectivity index (χ1n) is 5.41. The maximum absolute atomic E-state index is 12.3. The van der Waals surface area contributed by atoms with Crippen molar-refractivity contribution in [3.8, 4) is 0 Å². The predicted octanol–water partition coefficient (Wildman–Crippen LogP) is 2.93. The third-order valence-electron chi connectivity index (χ3n) is 2.59. The van der Waals surface area contributed by atoms with E-state index in [-0.39, 0.29) is 0 Å². The Kier molecular flexibility index (Phi) is 3.99. The van der Waals surface area contributed by atoms with Gasteiger partial charge in [-0.1, -0.05) is 11.6 Å². The molecule has 0 amide bonds. The molecule has 0 aliphatic heterocycles. The smallest absolute Gasteiger partial charge is 0.0630 e. The Morgan fingerprint density at radius 3 is 2.83 bits per heavy atom. The van der Waals surface area contributed by atoms with E-state index in [4.69, 9.17) is 17.3 Å². The summed E-state index contributed by atoms with van der Waals surface area (Å²) in [7, 11) is -1.13. The number of halogens is 1. The Balaban J connectivity index is 2.25. The normalized spacial score (nSPS) is 12.3. The van der Waals surface area contributed by atoms with Gasteiger partial charge in [0.25, 0.3) is 0 Å². The van der Waals surface area contributed by atoms with E-state index in [0.717, 1.165) is 16.0 Å². The van der Waals surface area contributed by atoms with E-state index in [2.05, 4.69) is 4.98 Å². The Morgan fingerprint density at radius 1 is 1.39 bits per heavy atom. The minimum absolute atomic E-state index is 0.381. The fourth-order valence-electron chi connectivity index (χ4n) is 1.67. The minimum Gasteiger partial charge on any atom is -0.399 e. The summed E-state index contributed by atoms with van der Waals surface area (Å²) in [5, 5.41) is 0.541. The van der Waals surface area contributed by atoms with Crippen LogP contribution in [0.2, 0.25) is 5.02 Å². The van der Waals surface area contributed by atoms with Crippen LogP contribution in [0.3, 0.4) is 0 Å². The number of nitrogens with two attached hydrogens (primary N) is 1. The molecular weight excluding hydrogens is 268 g/mol. The van der Waals surface area contributed by atoms with Gasteiger partial charge in [-0.25, -0.2) is 0 Å². The molecule has 0 saturated carbocycles. The highest BCUT2D eigenvalue weighted by molar-refractivity contribution is 7.84. The van der Waals surface area contributed by atoms with Crippen molar-refractivity contribution in [1.29, 1.82) is 0 Å². The number of benzene rings is 1. The molecule has 1 heterocycles. The first-order chi connectivity index (χ1) is 8.58. The summed E-state index contributed by atoms with van der Waals surface area (Å²) in [6.45, 7) is 1.90. The highest BCUT2D eigenvalue weighted by atomic mass is 35.5. The van der Waals surface area contributed by atoms with Gasteiger partial charge in [-0.15, -0.1) is 0 Å². The Bertz CT molecular complexity index is 601. The summed E-state index contributed by atoms with van der Waals surface area (Å²) in [6.07, 6.45) is 3.21. The maximum Gasteiger partial charge on any atom is 0.0630 e. The van der Waals surface area contributed by atoms with Crippen molar-refractivity contribution < 1.29 is 4.21 Å². The first-order valence-corrected chi connectivity index (χ1v) is 7.10. The SMILES string of the molecule is Cc1cc(N)ccc1S(=O)Cc1ccncc1Cl. The molecule has 1 atom stereocenters. The zero-order valence-electron chi connectivity index (χ0n) is 9.89. The van der Waals surface area contributed by atoms with Crippen molar-refractivity contribution in [3.63, 3.8) is 0 Å². The molecule has 0 aliphatic carbocycles. The van der Waals surface area contributed by atoms with Gasteiger partial charge in [0, 0.05) is 23.0 Å². The molecule has 18 heavy (non-hydrogen) atoms. The standard InChI is InChI=1S/C13H13ClN2OS/c1-9-6-11(15)2-3-13(9)18(17)8-10-4-5-16-7-12(10)14/h2-7H,8,15H2,1H3. The van der Waals surface area contributed by atoms with Crippen LogP contribution in [-0.2, 0) is 16.6 Å². The third kappa shape index (κ3) is 2.89. The van der Waals surface area contributed by atoms with Gasteiger partial charge in [-0.3, -0.25) is 9.19 Å². The van der Waals surface area contributed by atoms with Crippen LogP contribution >= 0.6 is 11.6 Å². The number of nitrogens with zero attached hydrogens (tertiary/aromatic N) is 1. The number of rotatable bonds is 3. The van der Waals surface area contributed by atoms with Crippen molar-refractivity contribution in [2.45, 2.75) is 17.6 Å². The Labute approximate surface area is 113 Å². The molecule has 3 nitrogen and oxygen atoms in total. The number of aromatic nitrogens is 1. The summed E-state index contributed by atoms with van der Waals surface area (Å²) < 4.78 is 12.3. The summed E-state index contributed by atoms with van der Waals surface area (Å²) in [4.78, 5) is 4.70. The lowest BCUT2D eigenvalue weighted by Gasteiger charge is -2.07. The predicted molar refractivity (Wildman–Crippen MR) is 75.0 cm³/mol. The molecule has 0 fully saturated rings. The van der Waals surface area contributed by atoms with Crippen molar-refractivity contribution >= 4 is 28.1 Å². The van der Waals surface area contributed by atoms with Gasteiger partial charge in [0.2, 0.25) is 0 Å². The number of hydrogen-bond donors (Lipinski definition) is 1. The van der Waals surface area contributed by atoms with Crippen LogP contribution in [0.1, 0.15) is 11.1 Å². The largest absolute Gasteiger partial charge is 0.399 e. The number of pyridine rings is 1. The van der Waals surface area contributed by atoms with Crippen LogP contribution < -0.4 is 5.73 Å². The second-order valence-corrected chi connectivity index (χ2v) is 5.81. The molecule has 0 aliphatic rings. The molecule has 94 valence electrons. The van der Waals surface area contributed by atoms with E-state index in [1.54, 1.807) is 30.6 Å². The molecule has 2 rings (SSSR count). The van der Waals surface area contributed by atoms with Gasteiger partial charge >= 0.3 is 0 Å². The van der Waals surface area contributed by atoms with E-state index < -0.39 is 10.8 Å². The molecule has 2 aromatic rings. The van der Waals surface area contributed by atoms with Crippen LogP contribution in [0.4, 0.5) is 5.69 Å². The van der Waals surface area contributed by atoms with Crippen LogP contribution in [0, 0.1) is 6.92 Å². The van der Waals surface area contributed by atoms with Gasteiger partial charge in [0.1, 0.15) is 0 Å². The van der Waals surface area contributed by atoms with Gasteiger partial charge in [0.05, 0.1) is 21.6 Å². The summed E-state index contributed by atoms with van der Waals surface area (Å²) in [5.41, 5.74) is 8.12. The van der Waals surface area contributed by atoms with E-state index in [1.807, 2.05) is 13.0 Å². The fraction of sp³-hybridized carbons (Fsp3) is 0.154. The molecule has 5 heteroatoms. The monoisotopic (exact) mass is 280 g/mol. The topological polar surface area (TPSA) is 56.0 Å². The molecule has 0 spiro atoms. The summed E-state index contributed by atoms with van der Waals surface area (Å²) in [6, 6.07) is 7.17. The molecule has 0 radical (unpaired) electrons. The second-order valence-electron chi connectivity index (χ2n) is 3.98. The lowest BCUT2D eigenvalue weighted by atomic mass is 10.2. The van der Waals surface area contributed by atoms with Crippen molar-refractivity contribution in [2.24, 2.45) is 0 Å². The fourth-order valence-corrected chi connectivity index (χ4v) is 3.26. The lowest BCUT2D eigenvalue weighted by molar-refractivity contribution is 0.682. The first kappa shape index (κ1) is 13.1. The second kappa shape index (κ2) is 5.50. The van der Waals surface area contributed by atoms with Gasteiger partial charge in [0.15, 0.2) is 0 Å². The van der Waals surface area contributed by atoms with Crippen molar-refractivity contribution in [2.75, 3.05) is 5.73 Å². The molecule has 1 unspecified atom stereocenters. The number of anilines is 1. The number of nitrogen functional groups attached to an aromatic ring is 1. The average Bonchev–Trinajstić information content (AvgIpc) is 2.32. The molecule has 0 saturated heterocycles. The number of hydrogen-bond acceptors (Lipinski definition) is 3.